The van der Waals surface area contributed by atoms with Gasteiger partial charge < -0.3 is 5.32 Å². The lowest BCUT2D eigenvalue weighted by Crippen LogP contribution is -2.42. The van der Waals surface area contributed by atoms with Gasteiger partial charge in [-0.1, -0.05) is 33.6 Å². The van der Waals surface area contributed by atoms with Crippen LogP contribution in [0.25, 0.3) is 0 Å². The fourth-order valence-electron chi connectivity index (χ4n) is 1.60. The summed E-state index contributed by atoms with van der Waals surface area (Å²) in [6, 6.07) is 1.31. The molecule has 0 amide bonds. The van der Waals surface area contributed by atoms with Gasteiger partial charge in [-0.25, -0.2) is 0 Å². The molecule has 0 heterocycles. The minimum Gasteiger partial charge on any atom is -0.311 e. The smallest absolute Gasteiger partial charge is 0.00897 e. The maximum Gasteiger partial charge on any atom is 0.00897 e. The van der Waals surface area contributed by atoms with Crippen LogP contribution >= 0.6 is 0 Å². The van der Waals surface area contributed by atoms with Crippen molar-refractivity contribution in [3.63, 3.8) is 0 Å². The molecule has 2 atom stereocenters. The van der Waals surface area contributed by atoms with E-state index >= 15 is 0 Å². The number of hydrogen-bond acceptors (Lipinski definition) is 1. The van der Waals surface area contributed by atoms with Crippen molar-refractivity contribution in [3.8, 4) is 0 Å². The van der Waals surface area contributed by atoms with Crippen molar-refractivity contribution >= 4 is 0 Å². The van der Waals surface area contributed by atoms with Crippen LogP contribution in [-0.4, -0.2) is 12.1 Å². The van der Waals surface area contributed by atoms with Crippen LogP contribution in [0.3, 0.4) is 0 Å². The normalized spacial score (nSPS) is 22.8. The maximum absolute atomic E-state index is 3.69. The topological polar surface area (TPSA) is 12.0 Å². The number of nitrogens with one attached hydrogen (secondary N) is 1. The molecule has 0 aromatic rings. The van der Waals surface area contributed by atoms with Crippen molar-refractivity contribution in [1.82, 2.24) is 5.32 Å². The molecule has 0 saturated heterocycles. The molecule has 0 aliphatic heterocycles. The minimum absolute atomic E-state index is 0.387. The Bertz CT molecular complexity index is 153. The van der Waals surface area contributed by atoms with Gasteiger partial charge >= 0.3 is 0 Å². The molecule has 1 fully saturated rings. The summed E-state index contributed by atoms with van der Waals surface area (Å²) in [6.45, 7) is 11.5. The molecule has 2 unspecified atom stereocenters. The highest BCUT2D eigenvalue weighted by Crippen LogP contribution is 2.33. The third kappa shape index (κ3) is 4.12. The van der Waals surface area contributed by atoms with Gasteiger partial charge in [0.05, 0.1) is 0 Å². The van der Waals surface area contributed by atoms with Crippen LogP contribution in [-0.2, 0) is 0 Å². The number of hydrogen-bond donors (Lipinski definition) is 1. The summed E-state index contributed by atoms with van der Waals surface area (Å²) in [5, 5.41) is 3.69. The Morgan fingerprint density at radius 1 is 1.23 bits per heavy atom. The van der Waals surface area contributed by atoms with Gasteiger partial charge in [0, 0.05) is 12.1 Å². The largest absolute Gasteiger partial charge is 0.311 e. The highest BCUT2D eigenvalue weighted by molar-refractivity contribution is 4.82. The van der Waals surface area contributed by atoms with Gasteiger partial charge in [-0.05, 0) is 31.6 Å². The molecule has 1 saturated carbocycles. The lowest BCUT2D eigenvalue weighted by atomic mass is 9.87. The van der Waals surface area contributed by atoms with Gasteiger partial charge in [0.15, 0.2) is 0 Å². The second kappa shape index (κ2) is 4.00. The van der Waals surface area contributed by atoms with Gasteiger partial charge in [-0.15, -0.1) is 0 Å². The van der Waals surface area contributed by atoms with E-state index in [1.165, 1.54) is 19.3 Å². The van der Waals surface area contributed by atoms with Crippen LogP contribution < -0.4 is 5.32 Å². The molecular formula is C12H25N. The van der Waals surface area contributed by atoms with Gasteiger partial charge in [0.1, 0.15) is 0 Å². The van der Waals surface area contributed by atoms with Crippen molar-refractivity contribution in [2.75, 3.05) is 0 Å². The molecule has 1 rings (SSSR count). The molecule has 0 radical (unpaired) electrons. The standard InChI is InChI=1S/C12H25N/c1-9(8-11-6-7-11)13-10(2)12(3,4)5/h9-11,13H,6-8H2,1-5H3. The van der Waals surface area contributed by atoms with E-state index in [4.69, 9.17) is 0 Å². The summed E-state index contributed by atoms with van der Waals surface area (Å²) in [6.07, 6.45) is 4.31. The zero-order valence-corrected chi connectivity index (χ0v) is 9.85. The Kier molecular flexibility index (Phi) is 3.39. The lowest BCUT2D eigenvalue weighted by Gasteiger charge is -2.31. The summed E-state index contributed by atoms with van der Waals surface area (Å²) in [5.41, 5.74) is 0.387. The van der Waals surface area contributed by atoms with E-state index in [0.717, 1.165) is 5.92 Å². The minimum atomic E-state index is 0.387. The van der Waals surface area contributed by atoms with Crippen molar-refractivity contribution in [3.05, 3.63) is 0 Å². The third-order valence-corrected chi connectivity index (χ3v) is 3.22. The summed E-state index contributed by atoms with van der Waals surface area (Å²) in [7, 11) is 0. The summed E-state index contributed by atoms with van der Waals surface area (Å²) >= 11 is 0. The first-order valence-electron chi connectivity index (χ1n) is 5.65. The first-order valence-corrected chi connectivity index (χ1v) is 5.65. The second-order valence-corrected chi connectivity index (χ2v) is 5.83. The van der Waals surface area contributed by atoms with E-state index in [1.807, 2.05) is 0 Å². The average molecular weight is 183 g/mol. The van der Waals surface area contributed by atoms with Crippen LogP contribution in [0.1, 0.15) is 53.9 Å². The quantitative estimate of drug-likeness (QED) is 0.706. The Hall–Kier alpha value is -0.0400. The molecule has 1 aliphatic carbocycles. The van der Waals surface area contributed by atoms with Crippen molar-refractivity contribution in [2.45, 2.75) is 66.0 Å². The highest BCUT2D eigenvalue weighted by Gasteiger charge is 2.26. The summed E-state index contributed by atoms with van der Waals surface area (Å²) in [4.78, 5) is 0. The molecule has 1 nitrogen and oxygen atoms in total. The van der Waals surface area contributed by atoms with E-state index in [9.17, 15) is 0 Å². The first-order chi connectivity index (χ1) is 5.89. The third-order valence-electron chi connectivity index (χ3n) is 3.22. The van der Waals surface area contributed by atoms with Gasteiger partial charge in [-0.3, -0.25) is 0 Å². The molecule has 78 valence electrons. The van der Waals surface area contributed by atoms with E-state index in [0.29, 0.717) is 17.5 Å². The molecule has 0 spiro atoms. The fourth-order valence-corrected chi connectivity index (χ4v) is 1.60. The molecule has 0 bridgehead atoms. The molecule has 1 aliphatic rings. The SMILES string of the molecule is CC(CC1CC1)NC(C)C(C)(C)C. The highest BCUT2D eigenvalue weighted by atomic mass is 15.0. The van der Waals surface area contributed by atoms with Gasteiger partial charge in [-0.2, -0.15) is 0 Å². The first kappa shape index (κ1) is 11.0. The van der Waals surface area contributed by atoms with Crippen LogP contribution in [0.4, 0.5) is 0 Å². The Labute approximate surface area is 83.3 Å². The van der Waals surface area contributed by atoms with Crippen LogP contribution in [0.5, 0.6) is 0 Å². The molecule has 1 N–H and O–H groups in total. The molecular weight excluding hydrogens is 158 g/mol. The van der Waals surface area contributed by atoms with E-state index in [2.05, 4.69) is 39.9 Å². The Morgan fingerprint density at radius 2 is 1.77 bits per heavy atom. The van der Waals surface area contributed by atoms with E-state index in [1.54, 1.807) is 0 Å². The lowest BCUT2D eigenvalue weighted by molar-refractivity contribution is 0.260. The van der Waals surface area contributed by atoms with E-state index < -0.39 is 0 Å². The Balaban J connectivity index is 2.21. The van der Waals surface area contributed by atoms with Crippen LogP contribution in [0.2, 0.25) is 0 Å². The average Bonchev–Trinajstić information content (AvgIpc) is 2.68. The molecule has 13 heavy (non-hydrogen) atoms. The monoisotopic (exact) mass is 183 g/mol. The molecule has 1 heteroatoms. The van der Waals surface area contributed by atoms with E-state index in [-0.39, 0.29) is 0 Å². The zero-order valence-electron chi connectivity index (χ0n) is 9.85. The summed E-state index contributed by atoms with van der Waals surface area (Å²) < 4.78 is 0. The van der Waals surface area contributed by atoms with Crippen LogP contribution in [0.15, 0.2) is 0 Å². The maximum atomic E-state index is 3.69. The molecule has 0 aromatic carbocycles. The van der Waals surface area contributed by atoms with Crippen molar-refractivity contribution in [2.24, 2.45) is 11.3 Å². The van der Waals surface area contributed by atoms with Crippen molar-refractivity contribution < 1.29 is 0 Å². The van der Waals surface area contributed by atoms with Crippen LogP contribution in [0, 0.1) is 11.3 Å². The predicted molar refractivity (Wildman–Crippen MR) is 58.9 cm³/mol. The van der Waals surface area contributed by atoms with Gasteiger partial charge in [0.2, 0.25) is 0 Å². The predicted octanol–water partition coefficient (Wildman–Crippen LogP) is 3.20. The molecule has 0 aromatic heterocycles. The number of rotatable bonds is 4. The van der Waals surface area contributed by atoms with Crippen molar-refractivity contribution in [1.29, 1.82) is 0 Å². The second-order valence-electron chi connectivity index (χ2n) is 5.83. The fraction of sp³-hybridized carbons (Fsp3) is 1.00. The zero-order chi connectivity index (χ0) is 10.1. The van der Waals surface area contributed by atoms with Gasteiger partial charge in [0.25, 0.3) is 0 Å². The Morgan fingerprint density at radius 3 is 2.15 bits per heavy atom. The summed E-state index contributed by atoms with van der Waals surface area (Å²) in [5.74, 6) is 1.04.